The van der Waals surface area contributed by atoms with Crippen molar-refractivity contribution in [3.05, 3.63) is 0 Å². The van der Waals surface area contributed by atoms with Gasteiger partial charge in [-0.1, -0.05) is 6.92 Å². The van der Waals surface area contributed by atoms with Gasteiger partial charge < -0.3 is 15.4 Å². The van der Waals surface area contributed by atoms with E-state index < -0.39 is 0 Å². The molecule has 0 atom stereocenters. The molecule has 4 nitrogen and oxygen atoms in total. The molecule has 0 saturated carbocycles. The van der Waals surface area contributed by atoms with Gasteiger partial charge in [-0.3, -0.25) is 0 Å². The standard InChI is InChI=1S/C7H14N2O2/c1-3-7(8)4-9(5-7)6(10)11-2/h3-5,8H2,1-2H3. The smallest absolute Gasteiger partial charge is 0.409 e. The summed E-state index contributed by atoms with van der Waals surface area (Å²) in [6.45, 7) is 3.26. The second-order valence-corrected chi connectivity index (χ2v) is 3.04. The Balaban J connectivity index is 2.34. The van der Waals surface area contributed by atoms with Crippen LogP contribution in [0.2, 0.25) is 0 Å². The molecule has 11 heavy (non-hydrogen) atoms. The van der Waals surface area contributed by atoms with Gasteiger partial charge in [-0.25, -0.2) is 4.79 Å². The monoisotopic (exact) mass is 158 g/mol. The Bertz CT molecular complexity index is 164. The van der Waals surface area contributed by atoms with Crippen molar-refractivity contribution in [3.63, 3.8) is 0 Å². The molecular weight excluding hydrogens is 144 g/mol. The van der Waals surface area contributed by atoms with Crippen LogP contribution in [0.4, 0.5) is 4.79 Å². The average molecular weight is 158 g/mol. The Hall–Kier alpha value is -0.770. The minimum Gasteiger partial charge on any atom is -0.453 e. The molecule has 4 heteroatoms. The Morgan fingerprint density at radius 1 is 1.73 bits per heavy atom. The topological polar surface area (TPSA) is 55.6 Å². The van der Waals surface area contributed by atoms with Crippen molar-refractivity contribution in [2.45, 2.75) is 18.9 Å². The lowest BCUT2D eigenvalue weighted by Gasteiger charge is -2.46. The van der Waals surface area contributed by atoms with E-state index in [1.165, 1.54) is 7.11 Å². The van der Waals surface area contributed by atoms with Crippen molar-refractivity contribution in [1.29, 1.82) is 0 Å². The van der Waals surface area contributed by atoms with Crippen molar-refractivity contribution in [2.24, 2.45) is 5.73 Å². The van der Waals surface area contributed by atoms with Gasteiger partial charge in [-0.2, -0.15) is 0 Å². The Morgan fingerprint density at radius 3 is 2.64 bits per heavy atom. The molecule has 0 bridgehead atoms. The molecule has 2 N–H and O–H groups in total. The SMILES string of the molecule is CCC1(N)CN(C(=O)OC)C1. The number of rotatable bonds is 1. The van der Waals surface area contributed by atoms with Crippen molar-refractivity contribution in [2.75, 3.05) is 20.2 Å². The van der Waals surface area contributed by atoms with E-state index in [4.69, 9.17) is 5.73 Å². The van der Waals surface area contributed by atoms with Crippen molar-refractivity contribution in [3.8, 4) is 0 Å². The minimum atomic E-state index is -0.278. The van der Waals surface area contributed by atoms with Crippen LogP contribution in [-0.2, 0) is 4.74 Å². The number of hydrogen-bond acceptors (Lipinski definition) is 3. The second-order valence-electron chi connectivity index (χ2n) is 3.04. The van der Waals surface area contributed by atoms with Gasteiger partial charge in [0.15, 0.2) is 0 Å². The highest BCUT2D eigenvalue weighted by Crippen LogP contribution is 2.21. The van der Waals surface area contributed by atoms with Gasteiger partial charge in [0, 0.05) is 13.1 Å². The molecule has 0 aromatic carbocycles. The first-order valence-corrected chi connectivity index (χ1v) is 3.73. The molecule has 64 valence electrons. The van der Waals surface area contributed by atoms with E-state index in [0.29, 0.717) is 13.1 Å². The van der Waals surface area contributed by atoms with E-state index in [0.717, 1.165) is 6.42 Å². The van der Waals surface area contributed by atoms with Crippen molar-refractivity contribution < 1.29 is 9.53 Å². The number of ether oxygens (including phenoxy) is 1. The van der Waals surface area contributed by atoms with E-state index in [-0.39, 0.29) is 11.6 Å². The summed E-state index contributed by atoms with van der Waals surface area (Å²) in [6.07, 6.45) is 0.625. The number of carbonyl (C=O) groups is 1. The van der Waals surface area contributed by atoms with E-state index in [2.05, 4.69) is 4.74 Å². The van der Waals surface area contributed by atoms with Crippen LogP contribution in [0.25, 0.3) is 0 Å². The van der Waals surface area contributed by atoms with Crippen LogP contribution < -0.4 is 5.73 Å². The van der Waals surface area contributed by atoms with E-state index >= 15 is 0 Å². The van der Waals surface area contributed by atoms with E-state index in [1.807, 2.05) is 6.92 Å². The van der Waals surface area contributed by atoms with Crippen LogP contribution in [0.3, 0.4) is 0 Å². The summed E-state index contributed by atoms with van der Waals surface area (Å²) in [5.41, 5.74) is 5.68. The third kappa shape index (κ3) is 1.45. The number of nitrogens with zero attached hydrogens (tertiary/aromatic N) is 1. The molecule has 1 amide bonds. The molecule has 0 aromatic rings. The molecule has 1 heterocycles. The van der Waals surface area contributed by atoms with Gasteiger partial charge in [-0.15, -0.1) is 0 Å². The zero-order chi connectivity index (χ0) is 8.48. The normalized spacial score (nSPS) is 20.8. The molecule has 1 rings (SSSR count). The fraction of sp³-hybridized carbons (Fsp3) is 0.857. The van der Waals surface area contributed by atoms with Gasteiger partial charge in [0.05, 0.1) is 12.6 Å². The van der Waals surface area contributed by atoms with Gasteiger partial charge in [0.2, 0.25) is 0 Å². The molecule has 1 fully saturated rings. The predicted octanol–water partition coefficient (Wildman–Crippen LogP) is 0.176. The van der Waals surface area contributed by atoms with Crippen LogP contribution in [0.5, 0.6) is 0 Å². The van der Waals surface area contributed by atoms with Gasteiger partial charge in [0.25, 0.3) is 0 Å². The summed E-state index contributed by atoms with van der Waals surface area (Å²) in [6, 6.07) is 0. The lowest BCUT2D eigenvalue weighted by molar-refractivity contribution is 0.0503. The molecular formula is C7H14N2O2. The van der Waals surface area contributed by atoms with Gasteiger partial charge in [0.1, 0.15) is 0 Å². The van der Waals surface area contributed by atoms with Gasteiger partial charge in [-0.05, 0) is 6.42 Å². The predicted molar refractivity (Wildman–Crippen MR) is 41.2 cm³/mol. The van der Waals surface area contributed by atoms with Crippen molar-refractivity contribution >= 4 is 6.09 Å². The number of methoxy groups -OCH3 is 1. The molecule has 0 radical (unpaired) electrons. The maximum atomic E-state index is 10.8. The maximum absolute atomic E-state index is 10.8. The van der Waals surface area contributed by atoms with Crippen LogP contribution in [0.15, 0.2) is 0 Å². The highest BCUT2D eigenvalue weighted by molar-refractivity contribution is 5.69. The quantitative estimate of drug-likeness (QED) is 0.592. The van der Waals surface area contributed by atoms with E-state index in [1.54, 1.807) is 4.90 Å². The number of nitrogens with two attached hydrogens (primary N) is 1. The molecule has 0 spiro atoms. The summed E-state index contributed by atoms with van der Waals surface area (Å²) in [5.74, 6) is 0. The third-order valence-corrected chi connectivity index (χ3v) is 2.15. The number of hydrogen-bond donors (Lipinski definition) is 1. The number of likely N-dealkylation sites (tertiary alicyclic amines) is 1. The van der Waals surface area contributed by atoms with Gasteiger partial charge >= 0.3 is 6.09 Å². The van der Waals surface area contributed by atoms with Crippen molar-refractivity contribution in [1.82, 2.24) is 4.90 Å². The lowest BCUT2D eigenvalue weighted by atomic mass is 9.89. The molecule has 1 aliphatic rings. The molecule has 1 aliphatic heterocycles. The second kappa shape index (κ2) is 2.70. The lowest BCUT2D eigenvalue weighted by Crippen LogP contribution is -2.68. The molecule has 1 saturated heterocycles. The summed E-state index contributed by atoms with van der Waals surface area (Å²) >= 11 is 0. The maximum Gasteiger partial charge on any atom is 0.409 e. The number of amides is 1. The Kier molecular flexibility index (Phi) is 2.04. The summed E-state index contributed by atoms with van der Waals surface area (Å²) in [5, 5.41) is 0. The Labute approximate surface area is 66.3 Å². The highest BCUT2D eigenvalue weighted by Gasteiger charge is 2.40. The summed E-state index contributed by atoms with van der Waals surface area (Å²) in [7, 11) is 1.38. The zero-order valence-corrected chi connectivity index (χ0v) is 6.96. The van der Waals surface area contributed by atoms with Crippen LogP contribution >= 0.6 is 0 Å². The average Bonchev–Trinajstić information content (AvgIpc) is 1.97. The number of carbonyl (C=O) groups excluding carboxylic acids is 1. The van der Waals surface area contributed by atoms with E-state index in [9.17, 15) is 4.79 Å². The zero-order valence-electron chi connectivity index (χ0n) is 6.96. The van der Waals surface area contributed by atoms with Crippen LogP contribution in [0, 0.1) is 0 Å². The molecule has 0 aliphatic carbocycles. The first kappa shape index (κ1) is 8.33. The fourth-order valence-corrected chi connectivity index (χ4v) is 1.20. The Morgan fingerprint density at radius 2 is 2.27 bits per heavy atom. The largest absolute Gasteiger partial charge is 0.453 e. The highest BCUT2D eigenvalue weighted by atomic mass is 16.5. The van der Waals surface area contributed by atoms with Crippen LogP contribution in [-0.4, -0.2) is 36.7 Å². The fourth-order valence-electron chi connectivity index (χ4n) is 1.20. The first-order valence-electron chi connectivity index (χ1n) is 3.73. The third-order valence-electron chi connectivity index (χ3n) is 2.15. The van der Waals surface area contributed by atoms with Crippen LogP contribution in [0.1, 0.15) is 13.3 Å². The summed E-state index contributed by atoms with van der Waals surface area (Å²) in [4.78, 5) is 12.4. The molecule has 0 unspecified atom stereocenters. The minimum absolute atomic E-state index is 0.159. The summed E-state index contributed by atoms with van der Waals surface area (Å²) < 4.78 is 4.52. The molecule has 0 aromatic heterocycles. The first-order chi connectivity index (χ1) is 5.11.